The Labute approximate surface area is 204 Å². The number of hydrogen-bond acceptors (Lipinski definition) is 8. The number of ether oxygens (including phenoxy) is 1. The van der Waals surface area contributed by atoms with Gasteiger partial charge in [0.25, 0.3) is 0 Å². The third-order valence-electron chi connectivity index (χ3n) is 5.08. The van der Waals surface area contributed by atoms with Crippen molar-refractivity contribution in [3.05, 3.63) is 54.4 Å². The van der Waals surface area contributed by atoms with E-state index in [1.165, 1.54) is 0 Å². The molecule has 0 spiro atoms. The number of nitrogens with zero attached hydrogens (tertiary/aromatic N) is 6. The maximum atomic E-state index is 11.8. The van der Waals surface area contributed by atoms with Crippen molar-refractivity contribution in [2.45, 2.75) is 59.7 Å². The first-order valence-corrected chi connectivity index (χ1v) is 11.5. The highest BCUT2D eigenvalue weighted by atomic mass is 16.6. The maximum Gasteiger partial charge on any atom is 0.407 e. The number of pyridine rings is 2. The van der Waals surface area contributed by atoms with Gasteiger partial charge in [0.1, 0.15) is 28.6 Å². The van der Waals surface area contributed by atoms with Gasteiger partial charge in [-0.1, -0.05) is 0 Å². The Bertz CT molecular complexity index is 1340. The maximum absolute atomic E-state index is 11.8. The average Bonchev–Trinajstić information content (AvgIpc) is 3.12. The average molecular weight is 475 g/mol. The molecule has 0 atom stereocenters. The van der Waals surface area contributed by atoms with Crippen LogP contribution in [0.4, 0.5) is 16.4 Å². The van der Waals surface area contributed by atoms with Gasteiger partial charge in [-0.3, -0.25) is 4.98 Å². The second-order valence-corrected chi connectivity index (χ2v) is 9.47. The first-order chi connectivity index (χ1) is 16.6. The normalized spacial score (nSPS) is 11.6. The third kappa shape index (κ3) is 5.89. The molecule has 35 heavy (non-hydrogen) atoms. The summed E-state index contributed by atoms with van der Waals surface area (Å²) in [6, 6.07) is 7.74. The summed E-state index contributed by atoms with van der Waals surface area (Å²) in [6.07, 6.45) is 4.65. The third-order valence-corrected chi connectivity index (χ3v) is 5.08. The fourth-order valence-corrected chi connectivity index (χ4v) is 3.68. The van der Waals surface area contributed by atoms with Crippen molar-refractivity contribution < 1.29 is 9.53 Å². The monoisotopic (exact) mass is 474 g/mol. The van der Waals surface area contributed by atoms with Crippen LogP contribution in [-0.2, 0) is 11.3 Å². The molecule has 0 aromatic carbocycles. The lowest BCUT2D eigenvalue weighted by Crippen LogP contribution is -2.32. The lowest BCUT2D eigenvalue weighted by atomic mass is 10.2. The van der Waals surface area contributed by atoms with Crippen LogP contribution in [0.5, 0.6) is 0 Å². The van der Waals surface area contributed by atoms with Crippen LogP contribution in [0.2, 0.25) is 0 Å². The summed E-state index contributed by atoms with van der Waals surface area (Å²) >= 11 is 0. The van der Waals surface area contributed by atoms with Crippen LogP contribution in [0.25, 0.3) is 22.4 Å². The highest BCUT2D eigenvalue weighted by Gasteiger charge is 2.16. The Kier molecular flexibility index (Phi) is 6.63. The van der Waals surface area contributed by atoms with E-state index in [2.05, 4.69) is 54.0 Å². The second-order valence-electron chi connectivity index (χ2n) is 9.47. The molecule has 4 rings (SSSR count). The molecule has 0 unspecified atom stereocenters. The lowest BCUT2D eigenvalue weighted by molar-refractivity contribution is 0.0523. The number of hydrogen-bond donors (Lipinski definition) is 2. The van der Waals surface area contributed by atoms with Crippen molar-refractivity contribution in [1.29, 1.82) is 0 Å². The molecule has 2 N–H and O–H groups in total. The zero-order valence-corrected chi connectivity index (χ0v) is 20.8. The van der Waals surface area contributed by atoms with Crippen LogP contribution < -0.4 is 10.6 Å². The standard InChI is InChI=1S/C25H30N8O2/c1-15(2)33-16(3)30-19-14-28-22(11-20(19)33)31-21-9-10-26-23(32-21)17-7-8-18(27-12-17)13-29-24(34)35-25(4,5)6/h7-12,14-15H,13H2,1-6H3,(H,29,34)(H,26,28,31,32). The molecule has 0 aliphatic rings. The highest BCUT2D eigenvalue weighted by molar-refractivity contribution is 5.79. The fourth-order valence-electron chi connectivity index (χ4n) is 3.68. The number of fused-ring (bicyclic) bond motifs is 1. The van der Waals surface area contributed by atoms with E-state index in [1.54, 1.807) is 24.7 Å². The summed E-state index contributed by atoms with van der Waals surface area (Å²) in [5.74, 6) is 2.77. The molecule has 4 heterocycles. The molecule has 4 aromatic heterocycles. The number of aromatic nitrogens is 6. The Morgan fingerprint density at radius 3 is 2.54 bits per heavy atom. The first kappa shape index (κ1) is 24.1. The van der Waals surface area contributed by atoms with E-state index in [-0.39, 0.29) is 12.6 Å². The first-order valence-electron chi connectivity index (χ1n) is 11.5. The molecule has 4 aromatic rings. The summed E-state index contributed by atoms with van der Waals surface area (Å²) in [6.45, 7) is 12.0. The van der Waals surface area contributed by atoms with E-state index in [0.29, 0.717) is 23.2 Å². The van der Waals surface area contributed by atoms with Gasteiger partial charge in [0.05, 0.1) is 24.0 Å². The zero-order chi connectivity index (χ0) is 25.2. The largest absolute Gasteiger partial charge is 0.444 e. The van der Waals surface area contributed by atoms with E-state index < -0.39 is 11.7 Å². The van der Waals surface area contributed by atoms with Crippen LogP contribution in [-0.4, -0.2) is 41.2 Å². The van der Waals surface area contributed by atoms with Crippen molar-refractivity contribution in [3.63, 3.8) is 0 Å². The number of amides is 1. The molecule has 10 nitrogen and oxygen atoms in total. The summed E-state index contributed by atoms with van der Waals surface area (Å²) < 4.78 is 7.42. The van der Waals surface area contributed by atoms with Crippen LogP contribution in [0.1, 0.15) is 52.2 Å². The van der Waals surface area contributed by atoms with Gasteiger partial charge in [0.15, 0.2) is 5.82 Å². The number of aryl methyl sites for hydroxylation is 1. The van der Waals surface area contributed by atoms with Crippen molar-refractivity contribution in [2.75, 3.05) is 5.32 Å². The van der Waals surface area contributed by atoms with Gasteiger partial charge >= 0.3 is 6.09 Å². The van der Waals surface area contributed by atoms with E-state index in [0.717, 1.165) is 22.4 Å². The van der Waals surface area contributed by atoms with Gasteiger partial charge in [-0.15, -0.1) is 0 Å². The molecule has 0 radical (unpaired) electrons. The predicted octanol–water partition coefficient (Wildman–Crippen LogP) is 4.94. The number of carbonyl (C=O) groups excluding carboxylic acids is 1. The quantitative estimate of drug-likeness (QED) is 0.403. The van der Waals surface area contributed by atoms with Gasteiger partial charge in [-0.25, -0.2) is 24.7 Å². The predicted molar refractivity (Wildman–Crippen MR) is 134 cm³/mol. The minimum atomic E-state index is -0.548. The minimum Gasteiger partial charge on any atom is -0.444 e. The smallest absolute Gasteiger partial charge is 0.407 e. The fraction of sp³-hybridized carbons (Fsp3) is 0.360. The van der Waals surface area contributed by atoms with E-state index in [4.69, 9.17) is 4.74 Å². The topological polar surface area (TPSA) is 120 Å². The Morgan fingerprint density at radius 2 is 1.86 bits per heavy atom. The molecular weight excluding hydrogens is 444 g/mol. The number of alkyl carbamates (subject to hydrolysis) is 1. The van der Waals surface area contributed by atoms with Gasteiger partial charge in [-0.05, 0) is 59.7 Å². The van der Waals surface area contributed by atoms with E-state index in [1.807, 2.05) is 45.9 Å². The van der Waals surface area contributed by atoms with Gasteiger partial charge in [-0.2, -0.15) is 0 Å². The molecule has 0 bridgehead atoms. The Hall–Kier alpha value is -4.08. The van der Waals surface area contributed by atoms with Crippen LogP contribution >= 0.6 is 0 Å². The SMILES string of the molecule is Cc1nc2cnc(Nc3ccnc(-c4ccc(CNC(=O)OC(C)(C)C)nc4)n3)cc2n1C(C)C. The van der Waals surface area contributed by atoms with E-state index >= 15 is 0 Å². The van der Waals surface area contributed by atoms with Crippen molar-refractivity contribution in [1.82, 2.24) is 34.8 Å². The summed E-state index contributed by atoms with van der Waals surface area (Å²) in [5, 5.41) is 5.96. The molecule has 0 saturated carbocycles. The van der Waals surface area contributed by atoms with Gasteiger partial charge in [0.2, 0.25) is 0 Å². The lowest BCUT2D eigenvalue weighted by Gasteiger charge is -2.19. The molecular formula is C25H30N8O2. The number of rotatable bonds is 6. The zero-order valence-electron chi connectivity index (χ0n) is 20.8. The number of anilines is 2. The number of carbonyl (C=O) groups is 1. The highest BCUT2D eigenvalue weighted by Crippen LogP contribution is 2.24. The molecule has 0 aliphatic carbocycles. The summed E-state index contributed by atoms with van der Waals surface area (Å²) in [5.41, 5.74) is 2.78. The van der Waals surface area contributed by atoms with Crippen molar-refractivity contribution in [3.8, 4) is 11.4 Å². The molecule has 1 amide bonds. The Morgan fingerprint density at radius 1 is 1.06 bits per heavy atom. The van der Waals surface area contributed by atoms with Gasteiger partial charge in [0, 0.05) is 30.1 Å². The summed E-state index contributed by atoms with van der Waals surface area (Å²) in [4.78, 5) is 34.3. The molecule has 182 valence electrons. The van der Waals surface area contributed by atoms with Crippen LogP contribution in [0, 0.1) is 6.92 Å². The molecule has 0 saturated heterocycles. The minimum absolute atomic E-state index is 0.262. The number of imidazole rings is 1. The van der Waals surface area contributed by atoms with Gasteiger partial charge < -0.3 is 19.9 Å². The molecule has 0 fully saturated rings. The summed E-state index contributed by atoms with van der Waals surface area (Å²) in [7, 11) is 0. The van der Waals surface area contributed by atoms with Crippen molar-refractivity contribution >= 4 is 28.8 Å². The molecule has 0 aliphatic heterocycles. The van der Waals surface area contributed by atoms with E-state index in [9.17, 15) is 4.79 Å². The Balaban J connectivity index is 1.46. The molecule has 10 heteroatoms. The second kappa shape index (κ2) is 9.65. The van der Waals surface area contributed by atoms with Crippen LogP contribution in [0.3, 0.4) is 0 Å². The van der Waals surface area contributed by atoms with Crippen molar-refractivity contribution in [2.24, 2.45) is 0 Å². The number of nitrogens with one attached hydrogen (secondary N) is 2. The van der Waals surface area contributed by atoms with Crippen LogP contribution in [0.15, 0.2) is 42.9 Å².